The van der Waals surface area contributed by atoms with E-state index < -0.39 is 11.2 Å². The van der Waals surface area contributed by atoms with Crippen LogP contribution in [0.4, 0.5) is 0 Å². The molecule has 0 aliphatic carbocycles. The van der Waals surface area contributed by atoms with Gasteiger partial charge in [-0.2, -0.15) is 5.10 Å². The van der Waals surface area contributed by atoms with Gasteiger partial charge < -0.3 is 9.88 Å². The van der Waals surface area contributed by atoms with E-state index in [9.17, 15) is 14.4 Å². The normalized spacial score (nSPS) is 12.1. The first-order chi connectivity index (χ1) is 10.4. The van der Waals surface area contributed by atoms with Gasteiger partial charge in [-0.1, -0.05) is 0 Å². The van der Waals surface area contributed by atoms with Crippen molar-refractivity contribution in [2.24, 2.45) is 0 Å². The summed E-state index contributed by atoms with van der Waals surface area (Å²) < 4.78 is 1.29. The molecule has 1 unspecified atom stereocenters. The molecule has 0 bridgehead atoms. The fourth-order valence-corrected chi connectivity index (χ4v) is 2.43. The van der Waals surface area contributed by atoms with Crippen molar-refractivity contribution in [3.05, 3.63) is 50.1 Å². The highest BCUT2D eigenvalue weighted by Gasteiger charge is 2.16. The van der Waals surface area contributed by atoms with E-state index in [1.165, 1.54) is 16.8 Å². The topological polar surface area (TPSA) is 113 Å². The van der Waals surface area contributed by atoms with Crippen molar-refractivity contribution in [1.29, 1.82) is 0 Å². The van der Waals surface area contributed by atoms with E-state index in [0.29, 0.717) is 0 Å². The molecule has 0 saturated heterocycles. The molecule has 1 atom stereocenters. The van der Waals surface area contributed by atoms with Gasteiger partial charge in [0, 0.05) is 36.5 Å². The van der Waals surface area contributed by atoms with Gasteiger partial charge in [0.2, 0.25) is 5.91 Å². The van der Waals surface area contributed by atoms with Crippen molar-refractivity contribution in [2.45, 2.75) is 39.8 Å². The van der Waals surface area contributed by atoms with E-state index >= 15 is 0 Å². The Bertz CT molecular complexity index is 767. The maximum absolute atomic E-state index is 12.0. The number of aryl methyl sites for hydroxylation is 3. The highest BCUT2D eigenvalue weighted by atomic mass is 16.2. The van der Waals surface area contributed by atoms with Crippen LogP contribution < -0.4 is 16.6 Å². The lowest BCUT2D eigenvalue weighted by atomic mass is 10.1. The Morgan fingerprint density at radius 2 is 2.14 bits per heavy atom. The van der Waals surface area contributed by atoms with E-state index in [1.54, 1.807) is 0 Å². The highest BCUT2D eigenvalue weighted by Crippen LogP contribution is 2.18. The average Bonchev–Trinajstić information content (AvgIpc) is 2.77. The number of nitrogens with zero attached hydrogens (tertiary/aromatic N) is 2. The van der Waals surface area contributed by atoms with Crippen molar-refractivity contribution in [2.75, 3.05) is 0 Å². The third kappa shape index (κ3) is 3.51. The summed E-state index contributed by atoms with van der Waals surface area (Å²) in [6.07, 6.45) is 1.52. The summed E-state index contributed by atoms with van der Waals surface area (Å²) in [6.45, 7) is 5.87. The van der Waals surface area contributed by atoms with Gasteiger partial charge in [-0.3, -0.25) is 19.7 Å². The molecule has 3 N–H and O–H groups in total. The van der Waals surface area contributed by atoms with Crippen LogP contribution in [0.3, 0.4) is 0 Å². The van der Waals surface area contributed by atoms with E-state index in [4.69, 9.17) is 0 Å². The predicted molar refractivity (Wildman–Crippen MR) is 80.6 cm³/mol. The number of amides is 1. The summed E-state index contributed by atoms with van der Waals surface area (Å²) in [5.41, 5.74) is 1.76. The van der Waals surface area contributed by atoms with E-state index in [1.807, 2.05) is 20.8 Å². The van der Waals surface area contributed by atoms with Crippen molar-refractivity contribution < 1.29 is 4.79 Å². The Morgan fingerprint density at radius 1 is 1.41 bits per heavy atom. The van der Waals surface area contributed by atoms with Gasteiger partial charge in [0.05, 0.1) is 11.7 Å². The fraction of sp³-hybridized carbons (Fsp3) is 0.429. The number of hydrogen-bond donors (Lipinski definition) is 3. The lowest BCUT2D eigenvalue weighted by Crippen LogP contribution is -2.32. The van der Waals surface area contributed by atoms with Crippen LogP contribution in [0.25, 0.3) is 0 Å². The first kappa shape index (κ1) is 15.7. The number of aromatic amines is 2. The smallest absolute Gasteiger partial charge is 0.328 e. The Kier molecular flexibility index (Phi) is 4.59. The molecule has 0 aliphatic heterocycles. The Labute approximate surface area is 126 Å². The zero-order valence-corrected chi connectivity index (χ0v) is 12.8. The van der Waals surface area contributed by atoms with Gasteiger partial charge in [0.15, 0.2) is 0 Å². The molecule has 0 aromatic carbocycles. The monoisotopic (exact) mass is 305 g/mol. The molecule has 0 spiro atoms. The van der Waals surface area contributed by atoms with Crippen LogP contribution in [0.1, 0.15) is 36.3 Å². The van der Waals surface area contributed by atoms with Crippen molar-refractivity contribution in [3.63, 3.8) is 0 Å². The summed E-state index contributed by atoms with van der Waals surface area (Å²) in [5.74, 6) is -0.175. The van der Waals surface area contributed by atoms with E-state index in [2.05, 4.69) is 20.5 Å². The molecule has 2 aromatic rings. The maximum atomic E-state index is 12.0. The molecule has 0 saturated carbocycles. The van der Waals surface area contributed by atoms with Crippen LogP contribution in [-0.4, -0.2) is 25.7 Å². The number of hydrogen-bond acceptors (Lipinski definition) is 4. The molecular weight excluding hydrogens is 286 g/mol. The van der Waals surface area contributed by atoms with E-state index in [0.717, 1.165) is 17.0 Å². The predicted octanol–water partition coefficient (Wildman–Crippen LogP) is 0.144. The molecule has 2 aromatic heterocycles. The molecule has 1 amide bonds. The number of aromatic nitrogens is 4. The molecular formula is C14H19N5O3. The summed E-state index contributed by atoms with van der Waals surface area (Å²) in [6, 6.07) is 1.08. The fourth-order valence-electron chi connectivity index (χ4n) is 2.43. The minimum Gasteiger partial charge on any atom is -0.349 e. The summed E-state index contributed by atoms with van der Waals surface area (Å²) in [5, 5.41) is 9.86. The minimum absolute atomic E-state index is 0.145. The number of carbonyl (C=O) groups is 1. The third-order valence-corrected chi connectivity index (χ3v) is 3.47. The molecule has 8 heteroatoms. The number of H-pyrrole nitrogens is 2. The third-order valence-electron chi connectivity index (χ3n) is 3.47. The van der Waals surface area contributed by atoms with Crippen LogP contribution in [0.2, 0.25) is 0 Å². The molecule has 8 nitrogen and oxygen atoms in total. The quantitative estimate of drug-likeness (QED) is 0.729. The molecule has 2 rings (SSSR count). The second-order valence-corrected chi connectivity index (χ2v) is 5.19. The van der Waals surface area contributed by atoms with Gasteiger partial charge in [0.25, 0.3) is 5.56 Å². The van der Waals surface area contributed by atoms with Crippen molar-refractivity contribution in [1.82, 2.24) is 25.1 Å². The second kappa shape index (κ2) is 6.42. The van der Waals surface area contributed by atoms with Gasteiger partial charge in [-0.25, -0.2) is 4.79 Å². The van der Waals surface area contributed by atoms with Crippen LogP contribution in [0.15, 0.2) is 21.9 Å². The molecule has 118 valence electrons. The number of carbonyl (C=O) groups excluding carboxylic acids is 1. The molecule has 0 fully saturated rings. The van der Waals surface area contributed by atoms with Crippen LogP contribution in [-0.2, 0) is 11.3 Å². The molecule has 22 heavy (non-hydrogen) atoms. The minimum atomic E-state index is -0.519. The van der Waals surface area contributed by atoms with Crippen LogP contribution in [0, 0.1) is 13.8 Å². The SMILES string of the molecule is Cc1n[nH]c(C)c1C(C)NC(=O)CCn1ccc(=O)[nH]c1=O. The van der Waals surface area contributed by atoms with E-state index in [-0.39, 0.29) is 24.9 Å². The summed E-state index contributed by atoms with van der Waals surface area (Å²) in [4.78, 5) is 36.6. The molecule has 0 radical (unpaired) electrons. The average molecular weight is 305 g/mol. The lowest BCUT2D eigenvalue weighted by Gasteiger charge is -2.14. The van der Waals surface area contributed by atoms with Gasteiger partial charge in [-0.05, 0) is 20.8 Å². The highest BCUT2D eigenvalue weighted by molar-refractivity contribution is 5.76. The first-order valence-corrected chi connectivity index (χ1v) is 6.99. The van der Waals surface area contributed by atoms with Crippen LogP contribution in [0.5, 0.6) is 0 Å². The second-order valence-electron chi connectivity index (χ2n) is 5.19. The Morgan fingerprint density at radius 3 is 2.73 bits per heavy atom. The molecule has 2 heterocycles. The Hall–Kier alpha value is -2.64. The number of rotatable bonds is 5. The van der Waals surface area contributed by atoms with Gasteiger partial charge in [0.1, 0.15) is 0 Å². The Balaban J connectivity index is 1.96. The molecule has 0 aliphatic rings. The zero-order valence-electron chi connectivity index (χ0n) is 12.8. The first-order valence-electron chi connectivity index (χ1n) is 6.99. The number of nitrogens with one attached hydrogen (secondary N) is 3. The standard InChI is InChI=1S/C14H19N5O3/c1-8(13-9(2)17-18-10(13)3)15-11(20)4-6-19-7-5-12(21)16-14(19)22/h5,7-8H,4,6H2,1-3H3,(H,15,20)(H,17,18)(H,16,21,22). The lowest BCUT2D eigenvalue weighted by molar-refractivity contribution is -0.121. The van der Waals surface area contributed by atoms with Crippen LogP contribution >= 0.6 is 0 Å². The van der Waals surface area contributed by atoms with Gasteiger partial charge in [-0.15, -0.1) is 0 Å². The van der Waals surface area contributed by atoms with Crippen molar-refractivity contribution in [3.8, 4) is 0 Å². The van der Waals surface area contributed by atoms with Gasteiger partial charge >= 0.3 is 5.69 Å². The largest absolute Gasteiger partial charge is 0.349 e. The summed E-state index contributed by atoms with van der Waals surface area (Å²) >= 11 is 0. The van der Waals surface area contributed by atoms with Crippen molar-refractivity contribution >= 4 is 5.91 Å². The zero-order chi connectivity index (χ0) is 16.3. The summed E-state index contributed by atoms with van der Waals surface area (Å²) in [7, 11) is 0. The maximum Gasteiger partial charge on any atom is 0.328 e.